The Labute approximate surface area is 168 Å². The van der Waals surface area contributed by atoms with E-state index in [9.17, 15) is 9.59 Å². The largest absolute Gasteiger partial charge is 0.397 e. The average Bonchev–Trinajstić information content (AvgIpc) is 3.08. The lowest BCUT2D eigenvalue weighted by Gasteiger charge is -2.14. The molecule has 4 aromatic rings. The summed E-state index contributed by atoms with van der Waals surface area (Å²) in [4.78, 5) is 25.6. The van der Waals surface area contributed by atoms with Gasteiger partial charge < -0.3 is 10.3 Å². The minimum Gasteiger partial charge on any atom is -0.397 e. The summed E-state index contributed by atoms with van der Waals surface area (Å²) in [5, 5.41) is 0.496. The molecule has 2 aromatic carbocycles. The van der Waals surface area contributed by atoms with Crippen LogP contribution in [0.25, 0.3) is 27.8 Å². The molecule has 0 fully saturated rings. The third kappa shape index (κ3) is 2.79. The SMILES string of the molecule is Cc1ccc(-c2c3c(=O)n(C)c(=O)n(C)c3cn2-c2cc(C)c(C)cc2N)cc1. The molecule has 0 aliphatic heterocycles. The van der Waals surface area contributed by atoms with E-state index in [1.54, 1.807) is 7.05 Å². The summed E-state index contributed by atoms with van der Waals surface area (Å²) in [6.45, 7) is 6.06. The highest BCUT2D eigenvalue weighted by molar-refractivity contribution is 5.95. The monoisotopic (exact) mass is 388 g/mol. The van der Waals surface area contributed by atoms with Crippen LogP contribution >= 0.6 is 0 Å². The molecule has 0 amide bonds. The van der Waals surface area contributed by atoms with Crippen LogP contribution in [0.3, 0.4) is 0 Å². The minimum absolute atomic E-state index is 0.320. The van der Waals surface area contributed by atoms with Crippen LogP contribution in [0, 0.1) is 20.8 Å². The van der Waals surface area contributed by atoms with E-state index >= 15 is 0 Å². The van der Waals surface area contributed by atoms with Crippen molar-refractivity contribution in [2.24, 2.45) is 14.1 Å². The fraction of sp³-hybridized carbons (Fsp3) is 0.217. The van der Waals surface area contributed by atoms with Gasteiger partial charge in [0.05, 0.1) is 28.0 Å². The second kappa shape index (κ2) is 6.51. The van der Waals surface area contributed by atoms with E-state index in [4.69, 9.17) is 5.73 Å². The molecule has 0 aliphatic rings. The number of nitrogens with two attached hydrogens (primary N) is 1. The number of hydrogen-bond donors (Lipinski definition) is 1. The molecular weight excluding hydrogens is 364 g/mol. The zero-order valence-electron chi connectivity index (χ0n) is 17.3. The molecule has 0 saturated carbocycles. The first kappa shape index (κ1) is 18.8. The summed E-state index contributed by atoms with van der Waals surface area (Å²) >= 11 is 0. The van der Waals surface area contributed by atoms with Gasteiger partial charge in [-0.1, -0.05) is 29.8 Å². The number of aryl methyl sites for hydroxylation is 4. The summed E-state index contributed by atoms with van der Waals surface area (Å²) in [6, 6.07) is 11.9. The van der Waals surface area contributed by atoms with Crippen molar-refractivity contribution in [2.45, 2.75) is 20.8 Å². The smallest absolute Gasteiger partial charge is 0.330 e. The number of nitrogens with zero attached hydrogens (tertiary/aromatic N) is 3. The lowest BCUT2D eigenvalue weighted by molar-refractivity contribution is 0.714. The van der Waals surface area contributed by atoms with Crippen LogP contribution < -0.4 is 17.0 Å². The molecule has 29 heavy (non-hydrogen) atoms. The molecule has 0 aliphatic carbocycles. The van der Waals surface area contributed by atoms with Crippen molar-refractivity contribution >= 4 is 16.6 Å². The number of benzene rings is 2. The highest BCUT2D eigenvalue weighted by atomic mass is 16.2. The maximum absolute atomic E-state index is 13.1. The van der Waals surface area contributed by atoms with Crippen LogP contribution in [0.15, 0.2) is 52.2 Å². The molecule has 0 atom stereocenters. The standard InChI is InChI=1S/C23H24N4O2/c1-13-6-8-16(9-7-13)21-20-19(25(4)23(29)26(5)22(20)28)12-27(21)18-11-15(3)14(2)10-17(18)24/h6-12H,24H2,1-5H3. The summed E-state index contributed by atoms with van der Waals surface area (Å²) < 4.78 is 4.58. The zero-order valence-corrected chi connectivity index (χ0v) is 17.3. The first-order valence-corrected chi connectivity index (χ1v) is 9.46. The van der Waals surface area contributed by atoms with Gasteiger partial charge >= 0.3 is 5.69 Å². The van der Waals surface area contributed by atoms with Crippen LogP contribution in [0.5, 0.6) is 0 Å². The highest BCUT2D eigenvalue weighted by Gasteiger charge is 2.21. The zero-order chi connectivity index (χ0) is 21.0. The summed E-state index contributed by atoms with van der Waals surface area (Å²) in [7, 11) is 3.18. The highest BCUT2D eigenvalue weighted by Crippen LogP contribution is 2.33. The fourth-order valence-electron chi connectivity index (χ4n) is 3.76. The Kier molecular flexibility index (Phi) is 4.22. The molecule has 148 valence electrons. The molecule has 4 rings (SSSR count). The van der Waals surface area contributed by atoms with E-state index in [-0.39, 0.29) is 11.2 Å². The lowest BCUT2D eigenvalue weighted by Crippen LogP contribution is -2.36. The molecule has 0 saturated heterocycles. The van der Waals surface area contributed by atoms with Crippen LogP contribution in [0.4, 0.5) is 5.69 Å². The van der Waals surface area contributed by atoms with Crippen molar-refractivity contribution in [2.75, 3.05) is 5.73 Å². The number of aromatic nitrogens is 3. The molecule has 6 heteroatoms. The Bertz CT molecular complexity index is 1390. The third-order valence-electron chi connectivity index (χ3n) is 5.67. The summed E-state index contributed by atoms with van der Waals surface area (Å²) in [5.41, 5.74) is 12.6. The van der Waals surface area contributed by atoms with Crippen LogP contribution in [0.1, 0.15) is 16.7 Å². The van der Waals surface area contributed by atoms with Crippen LogP contribution in [-0.2, 0) is 14.1 Å². The minimum atomic E-state index is -0.358. The molecule has 0 unspecified atom stereocenters. The first-order chi connectivity index (χ1) is 13.7. The maximum atomic E-state index is 13.1. The van der Waals surface area contributed by atoms with Gasteiger partial charge in [0.1, 0.15) is 0 Å². The predicted octanol–water partition coefficient (Wildman–Crippen LogP) is 3.20. The second-order valence-corrected chi connectivity index (χ2v) is 7.68. The predicted molar refractivity (Wildman–Crippen MR) is 118 cm³/mol. The van der Waals surface area contributed by atoms with Gasteiger partial charge in [0.15, 0.2) is 0 Å². The number of anilines is 1. The number of hydrogen-bond acceptors (Lipinski definition) is 3. The number of fused-ring (bicyclic) bond motifs is 1. The topological polar surface area (TPSA) is 75.0 Å². The molecule has 6 nitrogen and oxygen atoms in total. The lowest BCUT2D eigenvalue weighted by atomic mass is 10.1. The Balaban J connectivity index is 2.22. The quantitative estimate of drug-likeness (QED) is 0.536. The third-order valence-corrected chi connectivity index (χ3v) is 5.67. The molecule has 0 bridgehead atoms. The number of nitrogen functional groups attached to an aromatic ring is 1. The van der Waals surface area contributed by atoms with Gasteiger partial charge in [-0.05, 0) is 49.6 Å². The van der Waals surface area contributed by atoms with Crippen LogP contribution in [-0.4, -0.2) is 13.7 Å². The van der Waals surface area contributed by atoms with Gasteiger partial charge in [-0.15, -0.1) is 0 Å². The normalized spacial score (nSPS) is 11.3. The maximum Gasteiger partial charge on any atom is 0.330 e. The molecule has 0 spiro atoms. The van der Waals surface area contributed by atoms with Gasteiger partial charge in [0.25, 0.3) is 5.56 Å². The Morgan fingerprint density at radius 1 is 0.862 bits per heavy atom. The first-order valence-electron chi connectivity index (χ1n) is 9.46. The van der Waals surface area contributed by atoms with Crippen LogP contribution in [0.2, 0.25) is 0 Å². The van der Waals surface area contributed by atoms with E-state index in [2.05, 4.69) is 0 Å². The van der Waals surface area contributed by atoms with Crippen molar-refractivity contribution in [1.29, 1.82) is 0 Å². The Morgan fingerprint density at radius 3 is 2.14 bits per heavy atom. The molecule has 0 radical (unpaired) electrons. The van der Waals surface area contributed by atoms with E-state index in [0.717, 1.165) is 38.2 Å². The van der Waals surface area contributed by atoms with Crippen molar-refractivity contribution in [3.05, 3.63) is 80.1 Å². The second-order valence-electron chi connectivity index (χ2n) is 7.68. The fourth-order valence-corrected chi connectivity index (χ4v) is 3.76. The van der Waals surface area contributed by atoms with E-state index in [0.29, 0.717) is 16.6 Å². The van der Waals surface area contributed by atoms with E-state index < -0.39 is 0 Å². The van der Waals surface area contributed by atoms with E-state index in [1.165, 1.54) is 11.6 Å². The molecule has 2 aromatic heterocycles. The van der Waals surface area contributed by atoms with Crippen molar-refractivity contribution in [1.82, 2.24) is 13.7 Å². The van der Waals surface area contributed by atoms with Gasteiger partial charge in [-0.25, -0.2) is 4.79 Å². The van der Waals surface area contributed by atoms with E-state index in [1.807, 2.05) is 67.9 Å². The van der Waals surface area contributed by atoms with Crippen molar-refractivity contribution < 1.29 is 0 Å². The summed E-state index contributed by atoms with van der Waals surface area (Å²) in [5.74, 6) is 0. The van der Waals surface area contributed by atoms with Crippen molar-refractivity contribution in [3.8, 4) is 16.9 Å². The summed E-state index contributed by atoms with van der Waals surface area (Å²) in [6.07, 6.45) is 1.83. The Hall–Kier alpha value is -3.54. The van der Waals surface area contributed by atoms with Gasteiger partial charge in [0, 0.05) is 20.3 Å². The molecule has 2 N–H and O–H groups in total. The number of rotatable bonds is 2. The molecular formula is C23H24N4O2. The van der Waals surface area contributed by atoms with Crippen molar-refractivity contribution in [3.63, 3.8) is 0 Å². The average molecular weight is 388 g/mol. The van der Waals surface area contributed by atoms with Gasteiger partial charge in [0.2, 0.25) is 0 Å². The molecule has 2 heterocycles. The van der Waals surface area contributed by atoms with Gasteiger partial charge in [-0.2, -0.15) is 0 Å². The Morgan fingerprint density at radius 2 is 1.48 bits per heavy atom. The van der Waals surface area contributed by atoms with Gasteiger partial charge in [-0.3, -0.25) is 13.9 Å².